The van der Waals surface area contributed by atoms with Crippen molar-refractivity contribution in [2.75, 3.05) is 13.1 Å². The first-order valence-corrected chi connectivity index (χ1v) is 5.40. The maximum atomic E-state index is 12.7. The van der Waals surface area contributed by atoms with Crippen molar-refractivity contribution < 1.29 is 13.2 Å². The van der Waals surface area contributed by atoms with Crippen molar-refractivity contribution in [2.24, 2.45) is 5.73 Å². The van der Waals surface area contributed by atoms with Crippen molar-refractivity contribution in [3.8, 4) is 0 Å². The minimum atomic E-state index is -4.24. The van der Waals surface area contributed by atoms with Crippen LogP contribution in [0.15, 0.2) is 0 Å². The summed E-state index contributed by atoms with van der Waals surface area (Å²) in [6.45, 7) is 5.94. The van der Waals surface area contributed by atoms with Gasteiger partial charge >= 0.3 is 6.18 Å². The first-order chi connectivity index (χ1) is 6.84. The van der Waals surface area contributed by atoms with Gasteiger partial charge in [0, 0.05) is 6.04 Å². The summed E-state index contributed by atoms with van der Waals surface area (Å²) in [6, 6.07) is -2.41. The molecule has 0 aliphatic rings. The van der Waals surface area contributed by atoms with Crippen LogP contribution in [0.1, 0.15) is 33.6 Å². The average molecular weight is 226 g/mol. The predicted octanol–water partition coefficient (Wildman–Crippen LogP) is 2.39. The topological polar surface area (TPSA) is 29.3 Å². The summed E-state index contributed by atoms with van der Waals surface area (Å²) in [5.41, 5.74) is 5.41. The van der Waals surface area contributed by atoms with E-state index in [-0.39, 0.29) is 0 Å². The van der Waals surface area contributed by atoms with Gasteiger partial charge in [-0.2, -0.15) is 13.2 Å². The molecular weight excluding hydrogens is 205 g/mol. The van der Waals surface area contributed by atoms with Crippen molar-refractivity contribution in [3.63, 3.8) is 0 Å². The molecule has 0 heterocycles. The molecule has 15 heavy (non-hydrogen) atoms. The van der Waals surface area contributed by atoms with Crippen LogP contribution in [0.5, 0.6) is 0 Å². The molecule has 0 aliphatic heterocycles. The van der Waals surface area contributed by atoms with Gasteiger partial charge < -0.3 is 5.73 Å². The maximum Gasteiger partial charge on any atom is 0.405 e. The number of nitrogens with two attached hydrogens (primary N) is 1. The summed E-state index contributed by atoms with van der Waals surface area (Å²) >= 11 is 0. The highest BCUT2D eigenvalue weighted by atomic mass is 19.4. The van der Waals surface area contributed by atoms with E-state index in [1.807, 2.05) is 6.92 Å². The van der Waals surface area contributed by atoms with E-state index in [1.54, 1.807) is 6.92 Å². The fourth-order valence-electron chi connectivity index (χ4n) is 1.69. The molecule has 0 saturated heterocycles. The fraction of sp³-hybridized carbons (Fsp3) is 1.00. The standard InChI is InChI=1S/C10H21F3N2/c1-4-6-7-15(5-2)9(8(3)14)10(11,12)13/h8-9H,4-7,14H2,1-3H3. The maximum absolute atomic E-state index is 12.7. The highest BCUT2D eigenvalue weighted by Gasteiger charge is 2.45. The van der Waals surface area contributed by atoms with Crippen LogP contribution in [-0.4, -0.2) is 36.2 Å². The molecular formula is C10H21F3N2. The van der Waals surface area contributed by atoms with Crippen molar-refractivity contribution in [3.05, 3.63) is 0 Å². The molecule has 0 aromatic rings. The van der Waals surface area contributed by atoms with E-state index in [0.29, 0.717) is 13.1 Å². The molecule has 0 fully saturated rings. The molecule has 0 rings (SSSR count). The molecule has 0 spiro atoms. The Labute approximate surface area is 89.6 Å². The number of likely N-dealkylation sites (N-methyl/N-ethyl adjacent to an activating group) is 1. The zero-order valence-corrected chi connectivity index (χ0v) is 9.64. The highest BCUT2D eigenvalue weighted by molar-refractivity contribution is 4.85. The van der Waals surface area contributed by atoms with Crippen LogP contribution in [0.3, 0.4) is 0 Å². The predicted molar refractivity (Wildman–Crippen MR) is 55.6 cm³/mol. The number of rotatable bonds is 6. The van der Waals surface area contributed by atoms with Gasteiger partial charge in [0.1, 0.15) is 6.04 Å². The minimum Gasteiger partial charge on any atom is -0.326 e. The second kappa shape index (κ2) is 6.33. The molecule has 0 amide bonds. The lowest BCUT2D eigenvalue weighted by Gasteiger charge is -2.34. The summed E-state index contributed by atoms with van der Waals surface area (Å²) < 4.78 is 38.1. The van der Waals surface area contributed by atoms with Crippen molar-refractivity contribution in [1.82, 2.24) is 4.90 Å². The summed E-state index contributed by atoms with van der Waals surface area (Å²) in [6.07, 6.45) is -2.58. The summed E-state index contributed by atoms with van der Waals surface area (Å²) in [5, 5.41) is 0. The fourth-order valence-corrected chi connectivity index (χ4v) is 1.69. The molecule has 92 valence electrons. The largest absolute Gasteiger partial charge is 0.405 e. The average Bonchev–Trinajstić information content (AvgIpc) is 2.08. The van der Waals surface area contributed by atoms with Crippen LogP contribution in [0.2, 0.25) is 0 Å². The Morgan fingerprint density at radius 3 is 2.07 bits per heavy atom. The number of halogens is 3. The van der Waals surface area contributed by atoms with Gasteiger partial charge in [-0.1, -0.05) is 20.3 Å². The first kappa shape index (κ1) is 14.7. The zero-order valence-electron chi connectivity index (χ0n) is 9.64. The van der Waals surface area contributed by atoms with E-state index in [4.69, 9.17) is 5.73 Å². The number of nitrogens with zero attached hydrogens (tertiary/aromatic N) is 1. The van der Waals surface area contributed by atoms with E-state index in [2.05, 4.69) is 0 Å². The monoisotopic (exact) mass is 226 g/mol. The third-order valence-electron chi connectivity index (χ3n) is 2.43. The Bertz CT molecular complexity index is 169. The van der Waals surface area contributed by atoms with Crippen molar-refractivity contribution in [2.45, 2.75) is 51.9 Å². The van der Waals surface area contributed by atoms with Gasteiger partial charge in [0.2, 0.25) is 0 Å². The smallest absolute Gasteiger partial charge is 0.326 e. The van der Waals surface area contributed by atoms with E-state index in [9.17, 15) is 13.2 Å². The van der Waals surface area contributed by atoms with Gasteiger partial charge in [-0.05, 0) is 26.4 Å². The summed E-state index contributed by atoms with van der Waals surface area (Å²) in [5.74, 6) is 0. The number of hydrogen-bond donors (Lipinski definition) is 1. The SMILES string of the molecule is CCCCN(CC)C(C(C)N)C(F)(F)F. The molecule has 0 saturated carbocycles. The lowest BCUT2D eigenvalue weighted by atomic mass is 10.1. The van der Waals surface area contributed by atoms with Gasteiger partial charge in [-0.15, -0.1) is 0 Å². The van der Waals surface area contributed by atoms with Gasteiger partial charge in [0.25, 0.3) is 0 Å². The Morgan fingerprint density at radius 1 is 1.27 bits per heavy atom. The molecule has 0 bridgehead atoms. The molecule has 0 aliphatic carbocycles. The normalized spacial score (nSPS) is 16.8. The second-order valence-corrected chi connectivity index (χ2v) is 3.83. The number of unbranched alkanes of at least 4 members (excludes halogenated alkanes) is 1. The zero-order chi connectivity index (χ0) is 12.1. The van der Waals surface area contributed by atoms with Crippen LogP contribution in [0.4, 0.5) is 13.2 Å². The van der Waals surface area contributed by atoms with Crippen molar-refractivity contribution >= 4 is 0 Å². The molecule has 0 radical (unpaired) electrons. The van der Waals surface area contributed by atoms with Gasteiger partial charge in [-0.3, -0.25) is 4.90 Å². The number of alkyl halides is 3. The van der Waals surface area contributed by atoms with E-state index >= 15 is 0 Å². The summed E-state index contributed by atoms with van der Waals surface area (Å²) in [4.78, 5) is 1.41. The Kier molecular flexibility index (Phi) is 6.20. The molecule has 5 heteroatoms. The first-order valence-electron chi connectivity index (χ1n) is 5.40. The number of hydrogen-bond acceptors (Lipinski definition) is 2. The second-order valence-electron chi connectivity index (χ2n) is 3.83. The van der Waals surface area contributed by atoms with Crippen LogP contribution >= 0.6 is 0 Å². The van der Waals surface area contributed by atoms with Crippen LogP contribution in [0, 0.1) is 0 Å². The van der Waals surface area contributed by atoms with Crippen LogP contribution in [-0.2, 0) is 0 Å². The summed E-state index contributed by atoms with van der Waals surface area (Å²) in [7, 11) is 0. The third kappa shape index (κ3) is 4.84. The lowest BCUT2D eigenvalue weighted by Crippen LogP contribution is -2.55. The van der Waals surface area contributed by atoms with Crippen LogP contribution in [0.25, 0.3) is 0 Å². The molecule has 0 aromatic carbocycles. The highest BCUT2D eigenvalue weighted by Crippen LogP contribution is 2.26. The van der Waals surface area contributed by atoms with Gasteiger partial charge in [-0.25, -0.2) is 0 Å². The molecule has 2 N–H and O–H groups in total. The van der Waals surface area contributed by atoms with E-state index in [1.165, 1.54) is 11.8 Å². The van der Waals surface area contributed by atoms with Crippen molar-refractivity contribution in [1.29, 1.82) is 0 Å². The van der Waals surface area contributed by atoms with Gasteiger partial charge in [0.15, 0.2) is 0 Å². The Morgan fingerprint density at radius 2 is 1.80 bits per heavy atom. The molecule has 2 atom stereocenters. The lowest BCUT2D eigenvalue weighted by molar-refractivity contribution is -0.187. The Balaban J connectivity index is 4.56. The van der Waals surface area contributed by atoms with Crippen LogP contribution < -0.4 is 5.73 Å². The van der Waals surface area contributed by atoms with E-state index in [0.717, 1.165) is 12.8 Å². The molecule has 2 nitrogen and oxygen atoms in total. The molecule has 2 unspecified atom stereocenters. The Hall–Kier alpha value is -0.290. The minimum absolute atomic E-state index is 0.381. The quantitative estimate of drug-likeness (QED) is 0.753. The third-order valence-corrected chi connectivity index (χ3v) is 2.43. The van der Waals surface area contributed by atoms with Gasteiger partial charge in [0.05, 0.1) is 0 Å². The molecule has 0 aromatic heterocycles. The van der Waals surface area contributed by atoms with E-state index < -0.39 is 18.3 Å².